The Labute approximate surface area is 134 Å². The number of ether oxygens (including phenoxy) is 1. The third kappa shape index (κ3) is 4.23. The summed E-state index contributed by atoms with van der Waals surface area (Å²) < 4.78 is 5.40. The number of aromatic nitrogens is 1. The Morgan fingerprint density at radius 1 is 1.33 bits per heavy atom. The summed E-state index contributed by atoms with van der Waals surface area (Å²) in [5.41, 5.74) is 0.502. The van der Waals surface area contributed by atoms with Crippen molar-refractivity contribution in [1.82, 2.24) is 9.88 Å². The lowest BCUT2D eigenvalue weighted by Gasteiger charge is -2.35. The zero-order valence-electron chi connectivity index (χ0n) is 13.0. The van der Waals surface area contributed by atoms with E-state index in [0.29, 0.717) is 19.0 Å². The van der Waals surface area contributed by atoms with Crippen LogP contribution in [0.3, 0.4) is 0 Å². The molecular formula is C14H22ClN3O2S. The Balaban J connectivity index is 1.92. The molecular weight excluding hydrogens is 310 g/mol. The lowest BCUT2D eigenvalue weighted by atomic mass is 10.2. The number of alkyl halides is 1. The zero-order chi connectivity index (χ0) is 15.6. The van der Waals surface area contributed by atoms with Gasteiger partial charge in [-0.05, 0) is 27.7 Å². The van der Waals surface area contributed by atoms with E-state index in [0.717, 1.165) is 28.8 Å². The van der Waals surface area contributed by atoms with E-state index in [1.54, 1.807) is 16.2 Å². The minimum absolute atomic E-state index is 0.237. The zero-order valence-corrected chi connectivity index (χ0v) is 14.6. The van der Waals surface area contributed by atoms with Gasteiger partial charge >= 0.3 is 6.09 Å². The lowest BCUT2D eigenvalue weighted by molar-refractivity contribution is 0.0240. The van der Waals surface area contributed by atoms with E-state index in [1.807, 2.05) is 27.7 Å². The van der Waals surface area contributed by atoms with Crippen LogP contribution in [0.1, 0.15) is 31.3 Å². The molecule has 0 aliphatic carbocycles. The summed E-state index contributed by atoms with van der Waals surface area (Å²) in [4.78, 5) is 21.7. The molecule has 0 atom stereocenters. The number of carbonyl (C=O) groups excluding carboxylic acids is 1. The molecule has 1 aromatic heterocycles. The number of amides is 1. The molecule has 118 valence electrons. The summed E-state index contributed by atoms with van der Waals surface area (Å²) in [6.07, 6.45) is -0.237. The van der Waals surface area contributed by atoms with Crippen molar-refractivity contribution >= 4 is 34.2 Å². The molecule has 2 rings (SSSR count). The van der Waals surface area contributed by atoms with Crippen LogP contribution in [0, 0.1) is 6.92 Å². The highest BCUT2D eigenvalue weighted by molar-refractivity contribution is 7.15. The fourth-order valence-corrected chi connectivity index (χ4v) is 3.40. The number of hydrogen-bond donors (Lipinski definition) is 0. The van der Waals surface area contributed by atoms with Crippen molar-refractivity contribution in [2.24, 2.45) is 0 Å². The molecule has 0 radical (unpaired) electrons. The number of nitrogens with zero attached hydrogens (tertiary/aromatic N) is 3. The maximum atomic E-state index is 12.0. The smallest absolute Gasteiger partial charge is 0.410 e. The number of thiazole rings is 1. The van der Waals surface area contributed by atoms with E-state index in [9.17, 15) is 4.79 Å². The van der Waals surface area contributed by atoms with Crippen molar-refractivity contribution in [3.63, 3.8) is 0 Å². The first-order valence-electron chi connectivity index (χ1n) is 7.05. The van der Waals surface area contributed by atoms with E-state index in [1.165, 1.54) is 0 Å². The SMILES string of the molecule is Cc1sc(N2CCN(C(=O)OC(C)(C)C)CC2)nc1CCl. The fourth-order valence-electron chi connectivity index (χ4n) is 2.08. The molecule has 21 heavy (non-hydrogen) atoms. The highest BCUT2D eigenvalue weighted by atomic mass is 35.5. The number of hydrogen-bond acceptors (Lipinski definition) is 5. The Hall–Kier alpha value is -1.01. The highest BCUT2D eigenvalue weighted by Crippen LogP contribution is 2.27. The number of piperazine rings is 1. The second-order valence-electron chi connectivity index (χ2n) is 6.09. The van der Waals surface area contributed by atoms with Gasteiger partial charge < -0.3 is 14.5 Å². The van der Waals surface area contributed by atoms with Crippen molar-refractivity contribution < 1.29 is 9.53 Å². The van der Waals surface area contributed by atoms with Gasteiger partial charge in [0.15, 0.2) is 5.13 Å². The molecule has 0 unspecified atom stereocenters. The maximum Gasteiger partial charge on any atom is 0.410 e. The molecule has 7 heteroatoms. The van der Waals surface area contributed by atoms with Gasteiger partial charge in [0.1, 0.15) is 5.60 Å². The molecule has 1 aliphatic heterocycles. The first-order chi connectivity index (χ1) is 9.80. The summed E-state index contributed by atoms with van der Waals surface area (Å²) in [5.74, 6) is 0.445. The van der Waals surface area contributed by atoms with Gasteiger partial charge in [0.25, 0.3) is 0 Å². The minimum Gasteiger partial charge on any atom is -0.444 e. The molecule has 1 saturated heterocycles. The first-order valence-corrected chi connectivity index (χ1v) is 8.40. The Kier molecular flexibility index (Phi) is 4.99. The molecule has 2 heterocycles. The predicted molar refractivity (Wildman–Crippen MR) is 86.4 cm³/mol. The molecule has 1 amide bonds. The van der Waals surface area contributed by atoms with E-state index < -0.39 is 5.60 Å². The summed E-state index contributed by atoms with van der Waals surface area (Å²) in [7, 11) is 0. The van der Waals surface area contributed by atoms with Gasteiger partial charge in [0.05, 0.1) is 11.6 Å². The number of carbonyl (C=O) groups is 1. The quantitative estimate of drug-likeness (QED) is 0.780. The van der Waals surface area contributed by atoms with Crippen LogP contribution < -0.4 is 4.90 Å². The molecule has 0 spiro atoms. The summed E-state index contributed by atoms with van der Waals surface area (Å²) in [6.45, 7) is 10.5. The Bertz CT molecular complexity index is 505. The average molecular weight is 332 g/mol. The van der Waals surface area contributed by atoms with Gasteiger partial charge in [-0.2, -0.15) is 0 Å². The standard InChI is InChI=1S/C14H22ClN3O2S/c1-10-11(9-15)16-12(21-10)17-5-7-18(8-6-17)13(19)20-14(2,3)4/h5-9H2,1-4H3. The largest absolute Gasteiger partial charge is 0.444 e. The van der Waals surface area contributed by atoms with E-state index in [4.69, 9.17) is 16.3 Å². The van der Waals surface area contributed by atoms with Gasteiger partial charge in [0.2, 0.25) is 0 Å². The van der Waals surface area contributed by atoms with Crippen LogP contribution in [-0.4, -0.2) is 47.8 Å². The molecule has 1 fully saturated rings. The van der Waals surface area contributed by atoms with E-state index in [2.05, 4.69) is 9.88 Å². The lowest BCUT2D eigenvalue weighted by Crippen LogP contribution is -2.50. The average Bonchev–Trinajstić information content (AvgIpc) is 2.78. The Morgan fingerprint density at radius 3 is 2.43 bits per heavy atom. The van der Waals surface area contributed by atoms with Gasteiger partial charge in [-0.25, -0.2) is 9.78 Å². The maximum absolute atomic E-state index is 12.0. The summed E-state index contributed by atoms with van der Waals surface area (Å²) in [6, 6.07) is 0. The van der Waals surface area contributed by atoms with Crippen LogP contribution >= 0.6 is 22.9 Å². The van der Waals surface area contributed by atoms with Crippen LogP contribution in [0.25, 0.3) is 0 Å². The molecule has 0 N–H and O–H groups in total. The second-order valence-corrected chi connectivity index (χ2v) is 7.54. The van der Waals surface area contributed by atoms with Crippen LogP contribution in [-0.2, 0) is 10.6 Å². The van der Waals surface area contributed by atoms with Crippen molar-refractivity contribution in [3.8, 4) is 0 Å². The van der Waals surface area contributed by atoms with Gasteiger partial charge in [-0.1, -0.05) is 0 Å². The normalized spacial score (nSPS) is 16.2. The molecule has 0 aromatic carbocycles. The van der Waals surface area contributed by atoms with Crippen molar-refractivity contribution in [1.29, 1.82) is 0 Å². The monoisotopic (exact) mass is 331 g/mol. The van der Waals surface area contributed by atoms with Crippen molar-refractivity contribution in [2.45, 2.75) is 39.2 Å². The third-order valence-electron chi connectivity index (χ3n) is 3.21. The molecule has 1 aliphatic rings. The van der Waals surface area contributed by atoms with Crippen molar-refractivity contribution in [3.05, 3.63) is 10.6 Å². The molecule has 5 nitrogen and oxygen atoms in total. The van der Waals surface area contributed by atoms with E-state index in [-0.39, 0.29) is 6.09 Å². The number of anilines is 1. The van der Waals surface area contributed by atoms with Crippen LogP contribution in [0.5, 0.6) is 0 Å². The molecule has 0 bridgehead atoms. The van der Waals surface area contributed by atoms with Gasteiger partial charge in [-0.3, -0.25) is 0 Å². The molecule has 0 saturated carbocycles. The van der Waals surface area contributed by atoms with Crippen LogP contribution in [0.4, 0.5) is 9.93 Å². The van der Waals surface area contributed by atoms with Crippen LogP contribution in [0.2, 0.25) is 0 Å². The highest BCUT2D eigenvalue weighted by Gasteiger charge is 2.27. The Morgan fingerprint density at radius 2 is 1.95 bits per heavy atom. The topological polar surface area (TPSA) is 45.7 Å². The van der Waals surface area contributed by atoms with Crippen molar-refractivity contribution in [2.75, 3.05) is 31.1 Å². The number of rotatable bonds is 2. The molecule has 1 aromatic rings. The van der Waals surface area contributed by atoms with Gasteiger partial charge in [-0.15, -0.1) is 22.9 Å². The number of aryl methyl sites for hydroxylation is 1. The first kappa shape index (κ1) is 16.4. The minimum atomic E-state index is -0.449. The van der Waals surface area contributed by atoms with E-state index >= 15 is 0 Å². The summed E-state index contributed by atoms with van der Waals surface area (Å²) >= 11 is 7.53. The van der Waals surface area contributed by atoms with Crippen LogP contribution in [0.15, 0.2) is 0 Å². The third-order valence-corrected chi connectivity index (χ3v) is 4.54. The predicted octanol–water partition coefficient (Wildman–Crippen LogP) is 3.25. The van der Waals surface area contributed by atoms with Gasteiger partial charge in [0, 0.05) is 31.1 Å². The summed E-state index contributed by atoms with van der Waals surface area (Å²) in [5, 5.41) is 0.993. The fraction of sp³-hybridized carbons (Fsp3) is 0.714. The second kappa shape index (κ2) is 6.40. The number of halogens is 1.